The van der Waals surface area contributed by atoms with Crippen LogP contribution in [0.1, 0.15) is 13.8 Å². The van der Waals surface area contributed by atoms with Crippen LogP contribution in [-0.2, 0) is 4.79 Å². The first-order chi connectivity index (χ1) is 4.59. The summed E-state index contributed by atoms with van der Waals surface area (Å²) in [6.07, 6.45) is 0.863. The largest absolute Gasteiger partial charge is 0.392 e. The highest BCUT2D eigenvalue weighted by molar-refractivity contribution is 5.94. The van der Waals surface area contributed by atoms with E-state index in [-0.39, 0.29) is 5.92 Å². The molecule has 0 aliphatic rings. The van der Waals surface area contributed by atoms with Gasteiger partial charge in [0.05, 0.1) is 6.61 Å². The van der Waals surface area contributed by atoms with Gasteiger partial charge >= 0.3 is 0 Å². The van der Waals surface area contributed by atoms with Crippen LogP contribution in [0.4, 0.5) is 4.39 Å². The standard InChI is InChI=1S/C7H11FO2/c1-5(2)7(10)6(8)3-4-9/h3,5,9H,4H2,1-2H3/b6-3-. The van der Waals surface area contributed by atoms with E-state index in [0.717, 1.165) is 6.08 Å². The molecule has 10 heavy (non-hydrogen) atoms. The molecule has 0 rings (SSSR count). The van der Waals surface area contributed by atoms with Crippen molar-refractivity contribution in [1.29, 1.82) is 0 Å². The molecule has 0 bridgehead atoms. The summed E-state index contributed by atoms with van der Waals surface area (Å²) in [5.74, 6) is -1.76. The third-order valence-electron chi connectivity index (χ3n) is 1.03. The Hall–Kier alpha value is -0.700. The summed E-state index contributed by atoms with van der Waals surface area (Å²) in [5.41, 5.74) is 0. The quantitative estimate of drug-likeness (QED) is 0.604. The second kappa shape index (κ2) is 4.17. The second-order valence-corrected chi connectivity index (χ2v) is 2.25. The second-order valence-electron chi connectivity index (χ2n) is 2.25. The minimum Gasteiger partial charge on any atom is -0.392 e. The van der Waals surface area contributed by atoms with E-state index < -0.39 is 18.2 Å². The van der Waals surface area contributed by atoms with Crippen molar-refractivity contribution >= 4 is 5.78 Å². The van der Waals surface area contributed by atoms with Gasteiger partial charge < -0.3 is 5.11 Å². The van der Waals surface area contributed by atoms with Gasteiger partial charge in [0.2, 0.25) is 0 Å². The maximum absolute atomic E-state index is 12.4. The van der Waals surface area contributed by atoms with E-state index in [1.54, 1.807) is 13.8 Å². The Balaban J connectivity index is 4.08. The van der Waals surface area contributed by atoms with Crippen LogP contribution < -0.4 is 0 Å². The molecule has 0 aromatic rings. The van der Waals surface area contributed by atoms with Crippen LogP contribution in [0.3, 0.4) is 0 Å². The van der Waals surface area contributed by atoms with Crippen molar-refractivity contribution in [2.75, 3.05) is 6.61 Å². The van der Waals surface area contributed by atoms with Crippen LogP contribution in [0.15, 0.2) is 11.9 Å². The topological polar surface area (TPSA) is 37.3 Å². The highest BCUT2D eigenvalue weighted by atomic mass is 19.1. The Bertz CT molecular complexity index is 150. The summed E-state index contributed by atoms with van der Waals surface area (Å²) in [5, 5.41) is 8.20. The molecule has 3 heteroatoms. The number of rotatable bonds is 3. The molecule has 1 N–H and O–H groups in total. The van der Waals surface area contributed by atoms with Crippen LogP contribution in [0, 0.1) is 5.92 Å². The Labute approximate surface area is 59.4 Å². The average molecular weight is 146 g/mol. The summed E-state index contributed by atoms with van der Waals surface area (Å²) in [4.78, 5) is 10.7. The van der Waals surface area contributed by atoms with E-state index in [0.29, 0.717) is 0 Å². The predicted molar refractivity (Wildman–Crippen MR) is 36.1 cm³/mol. The Kier molecular flexibility index (Phi) is 3.88. The molecular formula is C7H11FO2. The van der Waals surface area contributed by atoms with Crippen LogP contribution in [0.2, 0.25) is 0 Å². The molecule has 0 heterocycles. The molecule has 0 aliphatic heterocycles. The molecule has 2 nitrogen and oxygen atoms in total. The summed E-state index contributed by atoms with van der Waals surface area (Å²) >= 11 is 0. The molecule has 0 aliphatic carbocycles. The van der Waals surface area contributed by atoms with Gasteiger partial charge in [0.1, 0.15) is 0 Å². The van der Waals surface area contributed by atoms with Gasteiger partial charge in [0.15, 0.2) is 11.6 Å². The fourth-order valence-corrected chi connectivity index (χ4v) is 0.457. The fourth-order valence-electron chi connectivity index (χ4n) is 0.457. The maximum atomic E-state index is 12.4. The third-order valence-corrected chi connectivity index (χ3v) is 1.03. The fraction of sp³-hybridized carbons (Fsp3) is 0.571. The van der Waals surface area contributed by atoms with E-state index in [2.05, 4.69) is 0 Å². The molecule has 0 saturated heterocycles. The molecule has 58 valence electrons. The SMILES string of the molecule is CC(C)C(=O)/C(F)=C/CO. The van der Waals surface area contributed by atoms with Gasteiger partial charge in [-0.3, -0.25) is 4.79 Å². The lowest BCUT2D eigenvalue weighted by Gasteiger charge is -1.98. The summed E-state index contributed by atoms with van der Waals surface area (Å²) in [7, 11) is 0. The maximum Gasteiger partial charge on any atom is 0.193 e. The first-order valence-corrected chi connectivity index (χ1v) is 3.10. The molecule has 0 aromatic carbocycles. The highest BCUT2D eigenvalue weighted by Crippen LogP contribution is 2.05. The zero-order chi connectivity index (χ0) is 8.15. The number of allylic oxidation sites excluding steroid dienone is 1. The van der Waals surface area contributed by atoms with Gasteiger partial charge in [0.25, 0.3) is 0 Å². The first kappa shape index (κ1) is 9.30. The van der Waals surface area contributed by atoms with E-state index in [9.17, 15) is 9.18 Å². The molecule has 0 radical (unpaired) electrons. The van der Waals surface area contributed by atoms with Crippen molar-refractivity contribution in [1.82, 2.24) is 0 Å². The van der Waals surface area contributed by atoms with Crippen LogP contribution in [0.5, 0.6) is 0 Å². The average Bonchev–Trinajstić information content (AvgIpc) is 1.87. The number of hydrogen-bond acceptors (Lipinski definition) is 2. The minimum absolute atomic E-state index is 0.345. The number of carbonyl (C=O) groups is 1. The number of carbonyl (C=O) groups excluding carboxylic acids is 1. The normalized spacial score (nSPS) is 12.3. The molecule has 0 spiro atoms. The van der Waals surface area contributed by atoms with Crippen LogP contribution >= 0.6 is 0 Å². The molecule has 0 fully saturated rings. The van der Waals surface area contributed by atoms with Crippen LogP contribution in [0.25, 0.3) is 0 Å². The smallest absolute Gasteiger partial charge is 0.193 e. The van der Waals surface area contributed by atoms with E-state index in [1.807, 2.05) is 0 Å². The Morgan fingerprint density at radius 3 is 2.50 bits per heavy atom. The molecule has 0 aromatic heterocycles. The van der Waals surface area contributed by atoms with Gasteiger partial charge in [-0.1, -0.05) is 13.8 Å². The molecule has 0 saturated carbocycles. The lowest BCUT2D eigenvalue weighted by atomic mass is 10.1. The number of aliphatic hydroxyl groups excluding tert-OH is 1. The number of aliphatic hydroxyl groups is 1. The Morgan fingerprint density at radius 1 is 1.70 bits per heavy atom. The number of ketones is 1. The Morgan fingerprint density at radius 2 is 2.20 bits per heavy atom. The summed E-state index contributed by atoms with van der Waals surface area (Å²) < 4.78 is 12.4. The molecular weight excluding hydrogens is 135 g/mol. The number of Topliss-reactive ketones (excluding diaryl/α,β-unsaturated/α-hetero) is 1. The highest BCUT2D eigenvalue weighted by Gasteiger charge is 2.11. The molecule has 0 amide bonds. The van der Waals surface area contributed by atoms with E-state index in [4.69, 9.17) is 5.11 Å². The van der Waals surface area contributed by atoms with Gasteiger partial charge in [-0.25, -0.2) is 4.39 Å². The number of hydrogen-bond donors (Lipinski definition) is 1. The molecule has 0 unspecified atom stereocenters. The van der Waals surface area contributed by atoms with Gasteiger partial charge in [-0.15, -0.1) is 0 Å². The van der Waals surface area contributed by atoms with E-state index in [1.165, 1.54) is 0 Å². The van der Waals surface area contributed by atoms with E-state index >= 15 is 0 Å². The van der Waals surface area contributed by atoms with Crippen molar-refractivity contribution in [2.45, 2.75) is 13.8 Å². The molecule has 0 atom stereocenters. The third kappa shape index (κ3) is 2.73. The van der Waals surface area contributed by atoms with Crippen molar-refractivity contribution in [2.24, 2.45) is 5.92 Å². The summed E-state index contributed by atoms with van der Waals surface area (Å²) in [6.45, 7) is 2.78. The van der Waals surface area contributed by atoms with Crippen molar-refractivity contribution in [3.05, 3.63) is 11.9 Å². The van der Waals surface area contributed by atoms with Crippen LogP contribution in [-0.4, -0.2) is 17.5 Å². The van der Waals surface area contributed by atoms with Gasteiger partial charge in [-0.2, -0.15) is 0 Å². The first-order valence-electron chi connectivity index (χ1n) is 3.10. The van der Waals surface area contributed by atoms with Crippen molar-refractivity contribution in [3.63, 3.8) is 0 Å². The van der Waals surface area contributed by atoms with Crippen molar-refractivity contribution in [3.8, 4) is 0 Å². The minimum atomic E-state index is -0.850. The predicted octanol–water partition coefficient (Wildman–Crippen LogP) is 1.06. The lowest BCUT2D eigenvalue weighted by Crippen LogP contribution is -2.07. The lowest BCUT2D eigenvalue weighted by molar-refractivity contribution is -0.119. The van der Waals surface area contributed by atoms with Gasteiger partial charge in [0, 0.05) is 5.92 Å². The zero-order valence-electron chi connectivity index (χ0n) is 6.10. The van der Waals surface area contributed by atoms with Crippen molar-refractivity contribution < 1.29 is 14.3 Å². The summed E-state index contributed by atoms with van der Waals surface area (Å²) in [6, 6.07) is 0. The monoisotopic (exact) mass is 146 g/mol. The van der Waals surface area contributed by atoms with Gasteiger partial charge in [-0.05, 0) is 6.08 Å². The zero-order valence-corrected chi connectivity index (χ0v) is 6.10. The number of halogens is 1.